The average molecular weight is 211 g/mol. The summed E-state index contributed by atoms with van der Waals surface area (Å²) in [7, 11) is 1.93. The van der Waals surface area contributed by atoms with E-state index >= 15 is 0 Å². The van der Waals surface area contributed by atoms with Crippen molar-refractivity contribution in [3.63, 3.8) is 0 Å². The topological polar surface area (TPSA) is 21.3 Å². The van der Waals surface area contributed by atoms with E-state index < -0.39 is 0 Å². The number of nitrogens with one attached hydrogen (secondary N) is 1. The Morgan fingerprint density at radius 1 is 1.47 bits per heavy atom. The fraction of sp³-hybridized carbons (Fsp3) is 0.500. The molecule has 0 amide bonds. The van der Waals surface area contributed by atoms with Gasteiger partial charge in [0.05, 0.1) is 6.61 Å². The predicted octanol–water partition coefficient (Wildman–Crippen LogP) is 2.45. The highest BCUT2D eigenvalue weighted by Crippen LogP contribution is 2.12. The van der Waals surface area contributed by atoms with Crippen molar-refractivity contribution in [1.82, 2.24) is 5.32 Å². The third-order valence-corrected chi connectivity index (χ3v) is 2.23. The van der Waals surface area contributed by atoms with Gasteiger partial charge in [0.2, 0.25) is 0 Å². The highest BCUT2D eigenvalue weighted by Gasteiger charge is 2.01. The summed E-state index contributed by atoms with van der Waals surface area (Å²) in [6, 6.07) is 6.24. The molecule has 0 saturated heterocycles. The monoisotopic (exact) mass is 211 g/mol. The van der Waals surface area contributed by atoms with Crippen LogP contribution in [0.3, 0.4) is 0 Å². The van der Waals surface area contributed by atoms with Gasteiger partial charge in [-0.05, 0) is 38.1 Å². The van der Waals surface area contributed by atoms with Crippen LogP contribution in [0.2, 0.25) is 0 Å². The zero-order valence-electron chi connectivity index (χ0n) is 9.29. The van der Waals surface area contributed by atoms with Crippen LogP contribution in [-0.4, -0.2) is 20.2 Å². The molecule has 0 saturated carbocycles. The van der Waals surface area contributed by atoms with Crippen LogP contribution in [0, 0.1) is 11.7 Å². The Balaban J connectivity index is 2.25. The van der Waals surface area contributed by atoms with Crippen LogP contribution in [0.25, 0.3) is 0 Å². The van der Waals surface area contributed by atoms with Crippen LogP contribution in [0.5, 0.6) is 5.75 Å². The molecule has 0 aromatic heterocycles. The molecule has 2 nitrogen and oxygen atoms in total. The molecule has 1 atom stereocenters. The normalized spacial score (nSPS) is 12.5. The zero-order valence-corrected chi connectivity index (χ0v) is 9.29. The van der Waals surface area contributed by atoms with Gasteiger partial charge in [-0.1, -0.05) is 13.0 Å². The minimum absolute atomic E-state index is 0.254. The van der Waals surface area contributed by atoms with Gasteiger partial charge in [0.1, 0.15) is 11.6 Å². The van der Waals surface area contributed by atoms with Crippen LogP contribution in [-0.2, 0) is 0 Å². The molecule has 84 valence electrons. The number of ether oxygens (including phenoxy) is 1. The van der Waals surface area contributed by atoms with E-state index in [4.69, 9.17) is 4.74 Å². The highest BCUT2D eigenvalue weighted by molar-refractivity contribution is 5.22. The van der Waals surface area contributed by atoms with Crippen LogP contribution in [0.4, 0.5) is 4.39 Å². The Morgan fingerprint density at radius 2 is 2.27 bits per heavy atom. The number of halogens is 1. The molecule has 15 heavy (non-hydrogen) atoms. The largest absolute Gasteiger partial charge is 0.493 e. The average Bonchev–Trinajstić information content (AvgIpc) is 2.18. The molecule has 1 N–H and O–H groups in total. The van der Waals surface area contributed by atoms with Crippen LogP contribution in [0.1, 0.15) is 13.3 Å². The molecule has 0 aliphatic carbocycles. The first kappa shape index (κ1) is 12.0. The maximum Gasteiger partial charge on any atom is 0.126 e. The molecule has 1 rings (SSSR count). The van der Waals surface area contributed by atoms with Crippen LogP contribution >= 0.6 is 0 Å². The van der Waals surface area contributed by atoms with E-state index in [9.17, 15) is 4.39 Å². The summed E-state index contributed by atoms with van der Waals surface area (Å²) in [6.45, 7) is 3.77. The molecule has 0 spiro atoms. The van der Waals surface area contributed by atoms with E-state index in [1.54, 1.807) is 12.1 Å². The Labute approximate surface area is 90.4 Å². The molecule has 0 radical (unpaired) electrons. The van der Waals surface area contributed by atoms with Crippen molar-refractivity contribution in [1.29, 1.82) is 0 Å². The Morgan fingerprint density at radius 3 is 2.93 bits per heavy atom. The molecule has 3 heteroatoms. The van der Waals surface area contributed by atoms with Gasteiger partial charge in [-0.2, -0.15) is 0 Å². The molecule has 0 fully saturated rings. The van der Waals surface area contributed by atoms with Crippen LogP contribution < -0.4 is 10.1 Å². The first-order valence-electron chi connectivity index (χ1n) is 5.25. The first-order valence-corrected chi connectivity index (χ1v) is 5.25. The third kappa shape index (κ3) is 4.79. The van der Waals surface area contributed by atoms with Crippen molar-refractivity contribution < 1.29 is 9.13 Å². The fourth-order valence-electron chi connectivity index (χ4n) is 1.39. The number of hydrogen-bond acceptors (Lipinski definition) is 2. The second kappa shape index (κ2) is 6.40. The highest BCUT2D eigenvalue weighted by atomic mass is 19.1. The van der Waals surface area contributed by atoms with Crippen LogP contribution in [0.15, 0.2) is 24.3 Å². The third-order valence-electron chi connectivity index (χ3n) is 2.23. The van der Waals surface area contributed by atoms with Gasteiger partial charge >= 0.3 is 0 Å². The van der Waals surface area contributed by atoms with E-state index in [1.165, 1.54) is 12.1 Å². The number of benzene rings is 1. The molecule has 0 heterocycles. The molecular formula is C12H18FNO. The summed E-state index contributed by atoms with van der Waals surface area (Å²) in [5.41, 5.74) is 0. The summed E-state index contributed by atoms with van der Waals surface area (Å²) in [5, 5.41) is 3.11. The van der Waals surface area contributed by atoms with E-state index in [0.29, 0.717) is 18.3 Å². The lowest BCUT2D eigenvalue weighted by atomic mass is 10.1. The Kier molecular flexibility index (Phi) is 5.12. The predicted molar refractivity (Wildman–Crippen MR) is 59.6 cm³/mol. The quantitative estimate of drug-likeness (QED) is 0.780. The summed E-state index contributed by atoms with van der Waals surface area (Å²) in [4.78, 5) is 0. The van der Waals surface area contributed by atoms with Crippen molar-refractivity contribution in [2.75, 3.05) is 20.2 Å². The van der Waals surface area contributed by atoms with Crippen molar-refractivity contribution >= 4 is 0 Å². The molecular weight excluding hydrogens is 193 g/mol. The Bertz CT molecular complexity index is 291. The summed E-state index contributed by atoms with van der Waals surface area (Å²) in [6.07, 6.45) is 0.970. The Hall–Kier alpha value is -1.09. The van der Waals surface area contributed by atoms with Crippen molar-refractivity contribution in [2.45, 2.75) is 13.3 Å². The smallest absolute Gasteiger partial charge is 0.126 e. The van der Waals surface area contributed by atoms with E-state index in [2.05, 4.69) is 12.2 Å². The van der Waals surface area contributed by atoms with E-state index in [-0.39, 0.29) is 5.82 Å². The zero-order chi connectivity index (χ0) is 11.1. The second-order valence-electron chi connectivity index (χ2n) is 3.76. The maximum absolute atomic E-state index is 12.8. The lowest BCUT2D eigenvalue weighted by Crippen LogP contribution is -2.18. The summed E-state index contributed by atoms with van der Waals surface area (Å²) in [5.74, 6) is 0.922. The molecule has 0 aliphatic heterocycles. The minimum atomic E-state index is -0.254. The van der Waals surface area contributed by atoms with Gasteiger partial charge in [-0.25, -0.2) is 4.39 Å². The molecule has 1 unspecified atom stereocenters. The second-order valence-corrected chi connectivity index (χ2v) is 3.76. The van der Waals surface area contributed by atoms with Crippen molar-refractivity contribution in [3.05, 3.63) is 30.1 Å². The minimum Gasteiger partial charge on any atom is -0.493 e. The molecule has 0 aliphatic rings. The van der Waals surface area contributed by atoms with Gasteiger partial charge in [0, 0.05) is 6.07 Å². The SMILES string of the molecule is CNCC(C)CCOc1cccc(F)c1. The lowest BCUT2D eigenvalue weighted by Gasteiger charge is -2.11. The number of hydrogen-bond donors (Lipinski definition) is 1. The van der Waals surface area contributed by atoms with Gasteiger partial charge in [-0.15, -0.1) is 0 Å². The molecule has 1 aromatic carbocycles. The maximum atomic E-state index is 12.8. The number of rotatable bonds is 6. The van der Waals surface area contributed by atoms with Gasteiger partial charge < -0.3 is 10.1 Å². The fourth-order valence-corrected chi connectivity index (χ4v) is 1.39. The van der Waals surface area contributed by atoms with Crippen molar-refractivity contribution in [2.24, 2.45) is 5.92 Å². The van der Waals surface area contributed by atoms with Gasteiger partial charge in [0.25, 0.3) is 0 Å². The van der Waals surface area contributed by atoms with E-state index in [1.807, 2.05) is 7.05 Å². The standard InChI is InChI=1S/C12H18FNO/c1-10(9-14-2)6-7-15-12-5-3-4-11(13)8-12/h3-5,8,10,14H,6-7,9H2,1-2H3. The van der Waals surface area contributed by atoms with Gasteiger partial charge in [-0.3, -0.25) is 0 Å². The van der Waals surface area contributed by atoms with Crippen molar-refractivity contribution in [3.8, 4) is 5.75 Å². The summed E-state index contributed by atoms with van der Waals surface area (Å²) < 4.78 is 18.2. The summed E-state index contributed by atoms with van der Waals surface area (Å²) >= 11 is 0. The first-order chi connectivity index (χ1) is 7.22. The molecule has 1 aromatic rings. The van der Waals surface area contributed by atoms with Gasteiger partial charge in [0.15, 0.2) is 0 Å². The van der Waals surface area contributed by atoms with E-state index in [0.717, 1.165) is 13.0 Å². The lowest BCUT2D eigenvalue weighted by molar-refractivity contribution is 0.281. The molecule has 0 bridgehead atoms.